The number of benzene rings is 1. The number of aromatic nitrogens is 2. The number of hydrogen-bond donors (Lipinski definition) is 1. The highest BCUT2D eigenvalue weighted by atomic mass is 16.6. The molecule has 1 aliphatic heterocycles. The van der Waals surface area contributed by atoms with Crippen LogP contribution in [0.3, 0.4) is 0 Å². The van der Waals surface area contributed by atoms with Crippen molar-refractivity contribution in [3.63, 3.8) is 0 Å². The molecular formula is C26H34N4O7. The second-order valence-electron chi connectivity index (χ2n) is 9.63. The summed E-state index contributed by atoms with van der Waals surface area (Å²) >= 11 is 0. The number of rotatable bonds is 8. The maximum Gasteiger partial charge on any atom is 0.407 e. The zero-order chi connectivity index (χ0) is 27.2. The predicted molar refractivity (Wildman–Crippen MR) is 136 cm³/mol. The van der Waals surface area contributed by atoms with Gasteiger partial charge in [-0.15, -0.1) is 0 Å². The van der Waals surface area contributed by atoms with Gasteiger partial charge in [-0.2, -0.15) is 0 Å². The number of carbonyl (C=O) groups excluding carboxylic acids is 3. The van der Waals surface area contributed by atoms with Crippen LogP contribution in [0.1, 0.15) is 45.2 Å². The van der Waals surface area contributed by atoms with E-state index in [4.69, 9.17) is 14.2 Å². The lowest BCUT2D eigenvalue weighted by Gasteiger charge is -2.28. The molecule has 1 aromatic carbocycles. The number of fused-ring (bicyclic) bond motifs is 1. The molecule has 200 valence electrons. The van der Waals surface area contributed by atoms with Gasteiger partial charge in [0.25, 0.3) is 5.91 Å². The van der Waals surface area contributed by atoms with E-state index in [-0.39, 0.29) is 31.0 Å². The number of hydrogen-bond acceptors (Lipinski definition) is 7. The number of alkyl carbamates (subject to hydrolysis) is 1. The van der Waals surface area contributed by atoms with Crippen LogP contribution in [0, 0.1) is 11.8 Å². The molecule has 1 aromatic heterocycles. The van der Waals surface area contributed by atoms with Crippen LogP contribution in [0.25, 0.3) is 11.0 Å². The van der Waals surface area contributed by atoms with Crippen LogP contribution in [-0.2, 0) is 30.8 Å². The van der Waals surface area contributed by atoms with Crippen molar-refractivity contribution in [1.82, 2.24) is 19.4 Å². The van der Waals surface area contributed by atoms with Crippen molar-refractivity contribution in [1.29, 1.82) is 0 Å². The smallest absolute Gasteiger partial charge is 0.407 e. The number of imidazole rings is 1. The number of ether oxygens (including phenoxy) is 3. The van der Waals surface area contributed by atoms with Gasteiger partial charge in [0.2, 0.25) is 5.91 Å². The average Bonchev–Trinajstić information content (AvgIpc) is 3.08. The molecule has 2 heterocycles. The van der Waals surface area contributed by atoms with Crippen molar-refractivity contribution in [3.8, 4) is 11.8 Å². The fourth-order valence-corrected chi connectivity index (χ4v) is 3.99. The van der Waals surface area contributed by atoms with Crippen LogP contribution in [0.15, 0.2) is 23.0 Å². The summed E-state index contributed by atoms with van der Waals surface area (Å²) in [7, 11) is 3.08. The summed E-state index contributed by atoms with van der Waals surface area (Å²) in [6.07, 6.45) is -0.00116. The van der Waals surface area contributed by atoms with E-state index >= 15 is 0 Å². The molecule has 0 saturated carbocycles. The topological polar surface area (TPSA) is 121 Å². The van der Waals surface area contributed by atoms with Crippen molar-refractivity contribution in [3.05, 3.63) is 34.2 Å². The van der Waals surface area contributed by atoms with Crippen LogP contribution in [0.2, 0.25) is 0 Å². The number of aryl methyl sites for hydroxylation is 1. The first kappa shape index (κ1) is 28.0. The van der Waals surface area contributed by atoms with Gasteiger partial charge in [0, 0.05) is 27.1 Å². The van der Waals surface area contributed by atoms with Gasteiger partial charge >= 0.3 is 11.8 Å². The highest BCUT2D eigenvalue weighted by molar-refractivity contribution is 6.00. The Bertz CT molecular complexity index is 1280. The van der Waals surface area contributed by atoms with E-state index in [2.05, 4.69) is 17.2 Å². The summed E-state index contributed by atoms with van der Waals surface area (Å²) < 4.78 is 19.0. The molecule has 1 N–H and O–H groups in total. The first-order valence-corrected chi connectivity index (χ1v) is 12.1. The van der Waals surface area contributed by atoms with Crippen LogP contribution < -0.4 is 11.0 Å². The normalized spacial score (nSPS) is 16.0. The summed E-state index contributed by atoms with van der Waals surface area (Å²) in [5, 5.41) is 2.61. The molecule has 11 nitrogen and oxygen atoms in total. The van der Waals surface area contributed by atoms with Gasteiger partial charge in [0.1, 0.15) is 18.2 Å². The van der Waals surface area contributed by atoms with Gasteiger partial charge in [0.05, 0.1) is 36.4 Å². The summed E-state index contributed by atoms with van der Waals surface area (Å²) in [5.41, 5.74) is 0.969. The van der Waals surface area contributed by atoms with E-state index < -0.39 is 23.6 Å². The largest absolute Gasteiger partial charge is 0.444 e. The molecule has 0 bridgehead atoms. The Morgan fingerprint density at radius 2 is 1.84 bits per heavy atom. The number of likely N-dealkylation sites (N-methyl/N-ethyl adjacent to an activating group) is 1. The van der Waals surface area contributed by atoms with E-state index in [0.29, 0.717) is 43.0 Å². The van der Waals surface area contributed by atoms with Gasteiger partial charge in [-0.25, -0.2) is 9.59 Å². The van der Waals surface area contributed by atoms with Gasteiger partial charge in [-0.1, -0.05) is 17.9 Å². The van der Waals surface area contributed by atoms with Gasteiger partial charge in [0.15, 0.2) is 0 Å². The summed E-state index contributed by atoms with van der Waals surface area (Å²) in [6.45, 7) is 6.88. The molecule has 3 amide bonds. The lowest BCUT2D eigenvalue weighted by Crippen LogP contribution is -2.45. The number of likely N-dealkylation sites (tertiary alicyclic amines) is 1. The van der Waals surface area contributed by atoms with Crippen molar-refractivity contribution in [2.75, 3.05) is 40.0 Å². The Kier molecular flexibility index (Phi) is 9.13. The quantitative estimate of drug-likeness (QED) is 0.322. The molecule has 1 saturated heterocycles. The number of piperidine rings is 1. The molecular weight excluding hydrogens is 480 g/mol. The van der Waals surface area contributed by atoms with Crippen molar-refractivity contribution >= 4 is 28.9 Å². The Labute approximate surface area is 215 Å². The number of imide groups is 1. The zero-order valence-electron chi connectivity index (χ0n) is 22.0. The Morgan fingerprint density at radius 3 is 2.57 bits per heavy atom. The SMILES string of the molecule is CN1C(=O)CCC(n2c(=O)n(C)c3c(C#CCOCCOCCNC(=O)OC(C)(C)C)cccc32)C1=O. The van der Waals surface area contributed by atoms with Crippen LogP contribution in [0.4, 0.5) is 4.79 Å². The molecule has 2 aromatic rings. The van der Waals surface area contributed by atoms with Gasteiger partial charge in [-0.3, -0.25) is 23.6 Å². The van der Waals surface area contributed by atoms with E-state index in [9.17, 15) is 19.2 Å². The predicted octanol–water partition coefficient (Wildman–Crippen LogP) is 1.57. The number of nitrogens with one attached hydrogen (secondary N) is 1. The molecule has 3 rings (SSSR count). The van der Waals surface area contributed by atoms with Crippen molar-refractivity contribution in [2.45, 2.75) is 45.3 Å². The Morgan fingerprint density at radius 1 is 1.11 bits per heavy atom. The zero-order valence-corrected chi connectivity index (χ0v) is 22.0. The second-order valence-corrected chi connectivity index (χ2v) is 9.63. The number of para-hydroxylation sites is 1. The lowest BCUT2D eigenvalue weighted by molar-refractivity contribution is -0.149. The van der Waals surface area contributed by atoms with Crippen molar-refractivity contribution in [2.24, 2.45) is 7.05 Å². The standard InChI is InChI=1S/C26H34N4O7/c1-26(2,3)37-24(33)27-13-15-36-17-16-35-14-7-9-18-8-6-10-19-22(18)29(5)25(34)30(19)20-11-12-21(31)28(4)23(20)32/h6,8,10,20H,11-17H2,1-5H3,(H,27,33). The first-order valence-electron chi connectivity index (χ1n) is 12.1. The van der Waals surface area contributed by atoms with Crippen LogP contribution >= 0.6 is 0 Å². The minimum atomic E-state index is -0.732. The van der Waals surface area contributed by atoms with Gasteiger partial charge < -0.3 is 19.5 Å². The first-order chi connectivity index (χ1) is 17.5. The number of nitrogens with zero attached hydrogens (tertiary/aromatic N) is 3. The molecule has 37 heavy (non-hydrogen) atoms. The molecule has 1 unspecified atom stereocenters. The Balaban J connectivity index is 1.53. The summed E-state index contributed by atoms with van der Waals surface area (Å²) in [4.78, 5) is 50.3. The number of carbonyl (C=O) groups is 3. The van der Waals surface area contributed by atoms with Crippen LogP contribution in [0.5, 0.6) is 0 Å². The highest BCUT2D eigenvalue weighted by Gasteiger charge is 2.35. The van der Waals surface area contributed by atoms with E-state index in [1.54, 1.807) is 46.0 Å². The van der Waals surface area contributed by atoms with Crippen LogP contribution in [-0.4, -0.2) is 77.6 Å². The number of amides is 3. The average molecular weight is 515 g/mol. The molecule has 0 radical (unpaired) electrons. The Hall–Kier alpha value is -3.62. The molecule has 0 spiro atoms. The molecule has 11 heteroatoms. The maximum atomic E-state index is 13.0. The third-order valence-electron chi connectivity index (χ3n) is 5.72. The minimum Gasteiger partial charge on any atom is -0.444 e. The van der Waals surface area contributed by atoms with Gasteiger partial charge in [-0.05, 0) is 39.3 Å². The molecule has 0 aliphatic carbocycles. The highest BCUT2D eigenvalue weighted by Crippen LogP contribution is 2.27. The lowest BCUT2D eigenvalue weighted by atomic mass is 10.0. The fraction of sp³-hybridized carbons (Fsp3) is 0.538. The second kappa shape index (κ2) is 12.1. The molecule has 1 aliphatic rings. The monoisotopic (exact) mass is 514 g/mol. The van der Waals surface area contributed by atoms with E-state index in [1.165, 1.54) is 16.2 Å². The fourth-order valence-electron chi connectivity index (χ4n) is 3.99. The third-order valence-corrected chi connectivity index (χ3v) is 5.72. The third kappa shape index (κ3) is 6.99. The van der Waals surface area contributed by atoms with Crippen molar-refractivity contribution < 1.29 is 28.6 Å². The van der Waals surface area contributed by atoms with E-state index in [0.717, 1.165) is 4.90 Å². The minimum absolute atomic E-state index is 0.165. The summed E-state index contributed by atoms with van der Waals surface area (Å²) in [6, 6.07) is 4.63. The van der Waals surface area contributed by atoms with E-state index in [1.807, 2.05) is 0 Å². The molecule has 1 atom stereocenters. The maximum absolute atomic E-state index is 13.0. The molecule has 1 fully saturated rings. The summed E-state index contributed by atoms with van der Waals surface area (Å²) in [5.74, 6) is 5.35.